The average Bonchev–Trinajstić information content (AvgIpc) is 3.82. The van der Waals surface area contributed by atoms with Crippen molar-refractivity contribution in [1.82, 2.24) is 30.2 Å². The summed E-state index contributed by atoms with van der Waals surface area (Å²) in [6.45, 7) is 4.32. The molecule has 290 valence electrons. The molecular formula is C38H48N6O7S3. The molecule has 4 amide bonds. The Morgan fingerprint density at radius 1 is 0.889 bits per heavy atom. The summed E-state index contributed by atoms with van der Waals surface area (Å²) in [5.74, 6) is -1.36. The molecule has 4 rings (SSSR count). The number of sulfonamides is 1. The molecule has 2 aromatic heterocycles. The van der Waals surface area contributed by atoms with Crippen molar-refractivity contribution in [1.29, 1.82) is 0 Å². The predicted octanol–water partition coefficient (Wildman–Crippen LogP) is 5.83. The lowest BCUT2D eigenvalue weighted by atomic mass is 9.86. The summed E-state index contributed by atoms with van der Waals surface area (Å²) in [4.78, 5) is 64.0. The first-order valence-electron chi connectivity index (χ1n) is 17.6. The number of nitrogens with one attached hydrogen (secondary N) is 3. The third-order valence-electron chi connectivity index (χ3n) is 8.44. The van der Waals surface area contributed by atoms with Crippen molar-refractivity contribution in [3.63, 3.8) is 0 Å². The lowest BCUT2D eigenvalue weighted by Gasteiger charge is -2.25. The number of urea groups is 1. The Balaban J connectivity index is 1.50. The van der Waals surface area contributed by atoms with Crippen LogP contribution >= 0.6 is 22.7 Å². The van der Waals surface area contributed by atoms with Crippen molar-refractivity contribution in [3.05, 3.63) is 104 Å². The highest BCUT2D eigenvalue weighted by Gasteiger charge is 2.29. The first-order valence-corrected chi connectivity index (χ1v) is 21.3. The smallest absolute Gasteiger partial charge is 0.407 e. The van der Waals surface area contributed by atoms with Gasteiger partial charge in [-0.05, 0) is 42.7 Å². The summed E-state index contributed by atoms with van der Waals surface area (Å²) in [7, 11) is -2.35. The van der Waals surface area contributed by atoms with Gasteiger partial charge in [-0.2, -0.15) is 0 Å². The molecule has 4 aromatic rings. The number of nitrogens with zero attached hydrogens (tertiary/aromatic N) is 3. The highest BCUT2D eigenvalue weighted by molar-refractivity contribution is 7.89. The van der Waals surface area contributed by atoms with Gasteiger partial charge in [-0.15, -0.1) is 22.7 Å². The molecule has 0 radical (unpaired) electrons. The van der Waals surface area contributed by atoms with Gasteiger partial charge in [0, 0.05) is 37.0 Å². The van der Waals surface area contributed by atoms with Gasteiger partial charge in [-0.25, -0.2) is 23.0 Å². The standard InChI is InChI=1S/C38H48N6O7S3/c1-26(2)36-40-31(24-52-36)22-44(3)37(47)42-33(20-35(46)43-54(4,49)50)34(45)19-29(17-27-11-7-5-8-12-27)15-16-30(18-28-13-9-6-10-14-28)41-38(48)51-23-32-21-39-25-53-32/h5-14,21,24-26,29-30,33H,15-20,22-23H2,1-4H3,(H,41,48)(H,42,47)(H,43,46). The third kappa shape index (κ3) is 15.0. The summed E-state index contributed by atoms with van der Waals surface area (Å²) in [6.07, 6.45) is 3.37. The Bertz CT molecular complexity index is 1910. The van der Waals surface area contributed by atoms with Gasteiger partial charge in [-0.3, -0.25) is 19.3 Å². The van der Waals surface area contributed by atoms with Gasteiger partial charge >= 0.3 is 12.1 Å². The number of ether oxygens (including phenoxy) is 1. The number of carbonyl (C=O) groups excluding carboxylic acids is 4. The summed E-state index contributed by atoms with van der Waals surface area (Å²) >= 11 is 2.89. The molecule has 0 bridgehead atoms. The molecule has 2 heterocycles. The second-order valence-electron chi connectivity index (χ2n) is 13.6. The molecule has 3 atom stereocenters. The number of hydrogen-bond acceptors (Lipinski definition) is 11. The zero-order valence-corrected chi connectivity index (χ0v) is 33.3. The number of benzene rings is 2. The predicted molar refractivity (Wildman–Crippen MR) is 209 cm³/mol. The van der Waals surface area contributed by atoms with Gasteiger partial charge in [0.25, 0.3) is 0 Å². The first-order chi connectivity index (χ1) is 25.7. The molecule has 2 aromatic carbocycles. The summed E-state index contributed by atoms with van der Waals surface area (Å²) in [6, 6.07) is 17.1. The van der Waals surface area contributed by atoms with E-state index in [2.05, 4.69) is 20.6 Å². The minimum Gasteiger partial charge on any atom is -0.444 e. The normalized spacial score (nSPS) is 13.1. The molecule has 0 saturated carbocycles. The van der Waals surface area contributed by atoms with E-state index in [1.165, 1.54) is 27.6 Å². The van der Waals surface area contributed by atoms with E-state index in [1.54, 1.807) is 18.8 Å². The summed E-state index contributed by atoms with van der Waals surface area (Å²) < 4.78 is 31.1. The van der Waals surface area contributed by atoms with Crippen molar-refractivity contribution in [2.45, 2.75) is 83.5 Å². The molecule has 54 heavy (non-hydrogen) atoms. The van der Waals surface area contributed by atoms with Crippen LogP contribution in [0.25, 0.3) is 0 Å². The van der Waals surface area contributed by atoms with Gasteiger partial charge in [-0.1, -0.05) is 74.5 Å². The van der Waals surface area contributed by atoms with Gasteiger partial charge in [0.05, 0.1) is 46.4 Å². The lowest BCUT2D eigenvalue weighted by molar-refractivity contribution is -0.126. The zero-order chi connectivity index (χ0) is 39.1. The van der Waals surface area contributed by atoms with Crippen LogP contribution in [-0.4, -0.2) is 72.5 Å². The van der Waals surface area contributed by atoms with E-state index in [1.807, 2.05) is 84.6 Å². The van der Waals surface area contributed by atoms with E-state index < -0.39 is 46.3 Å². The van der Waals surface area contributed by atoms with E-state index in [0.717, 1.165) is 27.3 Å². The van der Waals surface area contributed by atoms with Crippen LogP contribution in [0.5, 0.6) is 0 Å². The Hall–Kier alpha value is -4.67. The van der Waals surface area contributed by atoms with Crippen LogP contribution in [0.3, 0.4) is 0 Å². The van der Waals surface area contributed by atoms with E-state index in [0.29, 0.717) is 31.4 Å². The minimum absolute atomic E-state index is 0.0204. The topological polar surface area (TPSA) is 177 Å². The Morgan fingerprint density at radius 2 is 1.56 bits per heavy atom. The van der Waals surface area contributed by atoms with Crippen LogP contribution in [0.1, 0.15) is 72.2 Å². The number of ketones is 1. The number of rotatable bonds is 20. The Kier molecular flexibility index (Phi) is 16.1. The van der Waals surface area contributed by atoms with Crippen LogP contribution in [0.2, 0.25) is 0 Å². The molecule has 13 nitrogen and oxygen atoms in total. The number of Topliss-reactive ketones (excluding diaryl/α,β-unsaturated/α-hetero) is 1. The van der Waals surface area contributed by atoms with E-state index in [4.69, 9.17) is 4.74 Å². The van der Waals surface area contributed by atoms with E-state index in [-0.39, 0.29) is 37.5 Å². The monoisotopic (exact) mass is 796 g/mol. The summed E-state index contributed by atoms with van der Waals surface area (Å²) in [5, 5.41) is 8.48. The number of thiazole rings is 2. The van der Waals surface area contributed by atoms with Crippen LogP contribution in [0.4, 0.5) is 9.59 Å². The SMILES string of the molecule is CC(C)c1nc(CN(C)C(=O)NC(CC(=O)NS(C)(=O)=O)C(=O)CC(CCC(Cc2ccccc2)NC(=O)OCc2cncs2)Cc2ccccc2)cs1. The highest BCUT2D eigenvalue weighted by Crippen LogP contribution is 2.23. The highest BCUT2D eigenvalue weighted by atomic mass is 32.2. The fourth-order valence-electron chi connectivity index (χ4n) is 5.78. The molecular weight excluding hydrogens is 749 g/mol. The second kappa shape index (κ2) is 20.7. The molecule has 0 spiro atoms. The number of alkyl carbamates (subject to hydrolysis) is 1. The fraction of sp³-hybridized carbons (Fsp3) is 0.421. The van der Waals surface area contributed by atoms with Crippen LogP contribution in [-0.2, 0) is 50.3 Å². The van der Waals surface area contributed by atoms with Crippen LogP contribution in [0, 0.1) is 5.92 Å². The Labute approximate surface area is 325 Å². The maximum Gasteiger partial charge on any atom is 0.407 e. The van der Waals surface area contributed by atoms with Crippen molar-refractivity contribution in [2.24, 2.45) is 5.92 Å². The maximum absolute atomic E-state index is 14.1. The molecule has 0 fully saturated rings. The molecule has 0 aliphatic rings. The largest absolute Gasteiger partial charge is 0.444 e. The van der Waals surface area contributed by atoms with Gasteiger partial charge in [0.1, 0.15) is 6.61 Å². The first kappa shape index (κ1) is 42.1. The van der Waals surface area contributed by atoms with Crippen molar-refractivity contribution in [2.75, 3.05) is 13.3 Å². The van der Waals surface area contributed by atoms with E-state index >= 15 is 0 Å². The molecule has 0 aliphatic carbocycles. The molecule has 3 unspecified atom stereocenters. The van der Waals surface area contributed by atoms with Crippen molar-refractivity contribution < 1.29 is 32.3 Å². The Morgan fingerprint density at radius 3 is 2.15 bits per heavy atom. The maximum atomic E-state index is 14.1. The minimum atomic E-state index is -3.91. The quantitative estimate of drug-likeness (QED) is 0.0993. The number of amides is 4. The van der Waals surface area contributed by atoms with Crippen molar-refractivity contribution >= 4 is 56.5 Å². The molecule has 16 heteroatoms. The summed E-state index contributed by atoms with van der Waals surface area (Å²) in [5.41, 5.74) is 4.36. The number of carbonyl (C=O) groups is 4. The van der Waals surface area contributed by atoms with Crippen LogP contribution in [0.15, 0.2) is 77.8 Å². The van der Waals surface area contributed by atoms with Crippen molar-refractivity contribution in [3.8, 4) is 0 Å². The second-order valence-corrected chi connectivity index (χ2v) is 17.2. The zero-order valence-electron chi connectivity index (χ0n) is 30.9. The number of aromatic nitrogens is 2. The lowest BCUT2D eigenvalue weighted by Crippen LogP contribution is -2.49. The van der Waals surface area contributed by atoms with Crippen LogP contribution < -0.4 is 15.4 Å². The number of hydrogen-bond donors (Lipinski definition) is 3. The van der Waals surface area contributed by atoms with Gasteiger partial charge in [0.15, 0.2) is 5.78 Å². The average molecular weight is 797 g/mol. The third-order valence-corrected chi connectivity index (χ3v) is 11.0. The molecule has 0 aliphatic heterocycles. The fourth-order valence-corrected chi connectivity index (χ4v) is 7.61. The van der Waals surface area contributed by atoms with Gasteiger partial charge in [0.2, 0.25) is 15.9 Å². The van der Waals surface area contributed by atoms with E-state index in [9.17, 15) is 27.6 Å². The van der Waals surface area contributed by atoms with Gasteiger partial charge < -0.3 is 20.3 Å². The molecule has 0 saturated heterocycles. The molecule has 3 N–H and O–H groups in total.